The minimum absolute atomic E-state index is 0.0267. The number of benzene rings is 1. The van der Waals surface area contributed by atoms with E-state index in [2.05, 4.69) is 0 Å². The Morgan fingerprint density at radius 3 is 2.60 bits per heavy atom. The van der Waals surface area contributed by atoms with Gasteiger partial charge < -0.3 is 20.7 Å². The first kappa shape index (κ1) is 11.8. The molecule has 0 aromatic heterocycles. The van der Waals surface area contributed by atoms with Crippen LogP contribution >= 0.6 is 0 Å². The Labute approximate surface area is 89.3 Å². The lowest BCUT2D eigenvalue weighted by Gasteiger charge is -2.14. The van der Waals surface area contributed by atoms with Crippen LogP contribution in [0.3, 0.4) is 0 Å². The predicted molar refractivity (Wildman–Crippen MR) is 57.9 cm³/mol. The van der Waals surface area contributed by atoms with Gasteiger partial charge in [0.25, 0.3) is 0 Å². The topological polar surface area (TPSA) is 75.7 Å². The van der Waals surface area contributed by atoms with Crippen LogP contribution in [0.1, 0.15) is 25.5 Å². The SMILES string of the molecule is CC(C)Oc1cc([C@@H](O)CN)ccc1O. The van der Waals surface area contributed by atoms with Gasteiger partial charge in [-0.2, -0.15) is 0 Å². The second kappa shape index (κ2) is 5.00. The van der Waals surface area contributed by atoms with Gasteiger partial charge in [0.1, 0.15) is 0 Å². The number of rotatable bonds is 4. The fourth-order valence-electron chi connectivity index (χ4n) is 1.22. The first-order valence-electron chi connectivity index (χ1n) is 4.92. The molecule has 15 heavy (non-hydrogen) atoms. The highest BCUT2D eigenvalue weighted by Gasteiger charge is 2.10. The lowest BCUT2D eigenvalue weighted by Crippen LogP contribution is -2.12. The highest BCUT2D eigenvalue weighted by atomic mass is 16.5. The Kier molecular flexibility index (Phi) is 3.94. The van der Waals surface area contributed by atoms with E-state index in [4.69, 9.17) is 10.5 Å². The summed E-state index contributed by atoms with van der Waals surface area (Å²) in [4.78, 5) is 0. The fourth-order valence-corrected chi connectivity index (χ4v) is 1.22. The van der Waals surface area contributed by atoms with Gasteiger partial charge in [0.05, 0.1) is 12.2 Å². The van der Waals surface area contributed by atoms with E-state index < -0.39 is 6.10 Å². The predicted octanol–water partition coefficient (Wildman–Crippen LogP) is 1.17. The third-order valence-electron chi connectivity index (χ3n) is 1.95. The molecule has 1 atom stereocenters. The second-order valence-electron chi connectivity index (χ2n) is 3.65. The van der Waals surface area contributed by atoms with Crippen LogP contribution in [-0.2, 0) is 0 Å². The molecule has 0 amide bonds. The number of nitrogens with two attached hydrogens (primary N) is 1. The van der Waals surface area contributed by atoms with Gasteiger partial charge in [0.2, 0.25) is 0 Å². The number of ether oxygens (including phenoxy) is 1. The summed E-state index contributed by atoms with van der Waals surface area (Å²) in [6.45, 7) is 3.88. The van der Waals surface area contributed by atoms with Crippen molar-refractivity contribution in [3.63, 3.8) is 0 Å². The Morgan fingerprint density at radius 1 is 1.40 bits per heavy atom. The maximum absolute atomic E-state index is 9.52. The molecule has 0 radical (unpaired) electrons. The number of hydrogen-bond acceptors (Lipinski definition) is 4. The average Bonchev–Trinajstić information content (AvgIpc) is 2.19. The van der Waals surface area contributed by atoms with Crippen LogP contribution in [0.2, 0.25) is 0 Å². The number of phenolic OH excluding ortho intramolecular Hbond substituents is 1. The zero-order chi connectivity index (χ0) is 11.4. The molecule has 1 rings (SSSR count). The van der Waals surface area contributed by atoms with Crippen molar-refractivity contribution in [2.24, 2.45) is 5.73 Å². The molecule has 1 aromatic rings. The van der Waals surface area contributed by atoms with Crippen molar-refractivity contribution < 1.29 is 14.9 Å². The molecule has 0 aliphatic heterocycles. The molecule has 0 spiro atoms. The van der Waals surface area contributed by atoms with Crippen molar-refractivity contribution in [2.75, 3.05) is 6.54 Å². The third kappa shape index (κ3) is 3.11. The molecule has 0 saturated carbocycles. The van der Waals surface area contributed by atoms with Crippen LogP contribution in [0.25, 0.3) is 0 Å². The maximum atomic E-state index is 9.52. The molecule has 4 nitrogen and oxygen atoms in total. The van der Waals surface area contributed by atoms with E-state index in [1.807, 2.05) is 13.8 Å². The number of phenols is 1. The Morgan fingerprint density at radius 2 is 2.07 bits per heavy atom. The van der Waals surface area contributed by atoms with Crippen LogP contribution in [0.4, 0.5) is 0 Å². The molecule has 0 saturated heterocycles. The average molecular weight is 211 g/mol. The van der Waals surface area contributed by atoms with Gasteiger partial charge in [-0.1, -0.05) is 6.07 Å². The first-order chi connectivity index (χ1) is 7.04. The van der Waals surface area contributed by atoms with E-state index in [1.54, 1.807) is 12.1 Å². The molecule has 84 valence electrons. The minimum Gasteiger partial charge on any atom is -0.504 e. The van der Waals surface area contributed by atoms with Gasteiger partial charge in [-0.3, -0.25) is 0 Å². The van der Waals surface area contributed by atoms with Crippen molar-refractivity contribution in [1.82, 2.24) is 0 Å². The van der Waals surface area contributed by atoms with E-state index in [0.29, 0.717) is 11.3 Å². The van der Waals surface area contributed by atoms with Crippen LogP contribution in [-0.4, -0.2) is 22.9 Å². The number of hydrogen-bond donors (Lipinski definition) is 3. The summed E-state index contributed by atoms with van der Waals surface area (Å²) >= 11 is 0. The summed E-state index contributed by atoms with van der Waals surface area (Å²) in [5.74, 6) is 0.437. The molecule has 1 aromatic carbocycles. The summed E-state index contributed by atoms with van der Waals surface area (Å²) in [7, 11) is 0. The molecule has 4 N–H and O–H groups in total. The molecule has 0 aliphatic rings. The van der Waals surface area contributed by atoms with Gasteiger partial charge in [-0.15, -0.1) is 0 Å². The zero-order valence-electron chi connectivity index (χ0n) is 8.97. The van der Waals surface area contributed by atoms with Crippen LogP contribution in [0, 0.1) is 0 Å². The Hall–Kier alpha value is -1.26. The normalized spacial score (nSPS) is 12.9. The Bertz CT molecular complexity index is 326. The lowest BCUT2D eigenvalue weighted by molar-refractivity contribution is 0.184. The summed E-state index contributed by atoms with van der Waals surface area (Å²) < 4.78 is 5.38. The van der Waals surface area contributed by atoms with Gasteiger partial charge in [-0.25, -0.2) is 0 Å². The summed E-state index contributed by atoms with van der Waals surface area (Å²) in [5.41, 5.74) is 5.98. The molecular formula is C11H17NO3. The van der Waals surface area contributed by atoms with Crippen molar-refractivity contribution in [2.45, 2.75) is 26.1 Å². The monoisotopic (exact) mass is 211 g/mol. The van der Waals surface area contributed by atoms with Crippen LogP contribution < -0.4 is 10.5 Å². The maximum Gasteiger partial charge on any atom is 0.161 e. The highest BCUT2D eigenvalue weighted by Crippen LogP contribution is 2.29. The third-order valence-corrected chi connectivity index (χ3v) is 1.95. The fraction of sp³-hybridized carbons (Fsp3) is 0.455. The van der Waals surface area contributed by atoms with Gasteiger partial charge >= 0.3 is 0 Å². The van der Waals surface area contributed by atoms with Crippen molar-refractivity contribution >= 4 is 0 Å². The number of aliphatic hydroxyl groups excluding tert-OH is 1. The van der Waals surface area contributed by atoms with E-state index in [-0.39, 0.29) is 18.4 Å². The number of aliphatic hydroxyl groups is 1. The van der Waals surface area contributed by atoms with E-state index in [9.17, 15) is 10.2 Å². The quantitative estimate of drug-likeness (QED) is 0.698. The number of aromatic hydroxyl groups is 1. The molecule has 0 unspecified atom stereocenters. The van der Waals surface area contributed by atoms with Crippen molar-refractivity contribution in [3.8, 4) is 11.5 Å². The highest BCUT2D eigenvalue weighted by molar-refractivity contribution is 5.42. The van der Waals surface area contributed by atoms with E-state index >= 15 is 0 Å². The molecule has 0 heterocycles. The second-order valence-corrected chi connectivity index (χ2v) is 3.65. The largest absolute Gasteiger partial charge is 0.504 e. The zero-order valence-corrected chi connectivity index (χ0v) is 8.97. The van der Waals surface area contributed by atoms with Gasteiger partial charge in [0.15, 0.2) is 11.5 Å². The van der Waals surface area contributed by atoms with E-state index in [1.165, 1.54) is 6.07 Å². The molecule has 4 heteroatoms. The van der Waals surface area contributed by atoms with Crippen LogP contribution in [0.15, 0.2) is 18.2 Å². The van der Waals surface area contributed by atoms with E-state index in [0.717, 1.165) is 0 Å². The van der Waals surface area contributed by atoms with Gasteiger partial charge in [-0.05, 0) is 31.5 Å². The minimum atomic E-state index is -0.722. The van der Waals surface area contributed by atoms with Crippen molar-refractivity contribution in [1.29, 1.82) is 0 Å². The molecule has 0 bridgehead atoms. The smallest absolute Gasteiger partial charge is 0.161 e. The standard InChI is InChI=1S/C11H17NO3/c1-7(2)15-11-5-8(10(14)6-12)3-4-9(11)13/h3-5,7,10,13-14H,6,12H2,1-2H3/t10-/m0/s1. The molecule has 0 aliphatic carbocycles. The molecular weight excluding hydrogens is 194 g/mol. The summed E-state index contributed by atoms with van der Waals surface area (Å²) in [5, 5.41) is 19.0. The van der Waals surface area contributed by atoms with Crippen molar-refractivity contribution in [3.05, 3.63) is 23.8 Å². The van der Waals surface area contributed by atoms with Crippen LogP contribution in [0.5, 0.6) is 11.5 Å². The summed E-state index contributed by atoms with van der Waals surface area (Å²) in [6, 6.07) is 4.72. The lowest BCUT2D eigenvalue weighted by atomic mass is 10.1. The Balaban J connectivity index is 2.94. The first-order valence-corrected chi connectivity index (χ1v) is 4.92. The summed E-state index contributed by atoms with van der Waals surface area (Å²) in [6.07, 6.45) is -0.749. The molecule has 0 fully saturated rings. The van der Waals surface area contributed by atoms with Gasteiger partial charge in [0, 0.05) is 6.54 Å².